The van der Waals surface area contributed by atoms with E-state index in [1.165, 1.54) is 367 Å². The molecule has 4 heterocycles. The van der Waals surface area contributed by atoms with Crippen molar-refractivity contribution in [1.82, 2.24) is 0 Å². The van der Waals surface area contributed by atoms with Crippen LogP contribution in [0, 0.1) is 0 Å². The monoisotopic (exact) mass is 1840 g/mol. The Bertz CT molecular complexity index is 7150. The van der Waals surface area contributed by atoms with Gasteiger partial charge in [-0.05, 0) is 262 Å². The van der Waals surface area contributed by atoms with Crippen LogP contribution in [-0.2, 0) is 21.7 Å². The molecule has 4 aliphatic carbocycles. The van der Waals surface area contributed by atoms with E-state index in [9.17, 15) is 0 Å². The zero-order chi connectivity index (χ0) is 94.1. The summed E-state index contributed by atoms with van der Waals surface area (Å²) in [4.78, 5) is 0. The highest BCUT2D eigenvalue weighted by Gasteiger charge is 2.52. The lowest BCUT2D eigenvalue weighted by atomic mass is 9.70. The second-order valence-corrected chi connectivity index (χ2v) is 53.3. The molecule has 0 saturated heterocycles. The topological polar surface area (TPSA) is 26.3 Å². The van der Waals surface area contributed by atoms with E-state index < -0.39 is 16.1 Å². The number of hydrogen-bond donors (Lipinski definition) is 0. The first-order valence-corrected chi connectivity index (χ1v) is 59.8. The van der Waals surface area contributed by atoms with Gasteiger partial charge in [-0.25, -0.2) is 0 Å². The van der Waals surface area contributed by atoms with Gasteiger partial charge in [0.1, 0.15) is 38.5 Å². The molecule has 0 spiro atoms. The smallest absolute Gasteiger partial charge is 0.143 e. The van der Waals surface area contributed by atoms with Crippen molar-refractivity contribution < 1.29 is 8.83 Å². The van der Waals surface area contributed by atoms with Gasteiger partial charge in [0.25, 0.3) is 0 Å². The van der Waals surface area contributed by atoms with Crippen LogP contribution < -0.4 is 20.7 Å². The average molecular weight is 1840 g/mol. The average Bonchev–Trinajstić information content (AvgIpc) is 1.50. The van der Waals surface area contributed by atoms with E-state index in [-0.39, 0.29) is 21.7 Å². The third kappa shape index (κ3) is 14.6. The summed E-state index contributed by atoms with van der Waals surface area (Å²) in [5.74, 6) is 0. The minimum Gasteiger partial charge on any atom is -0.455 e. The van der Waals surface area contributed by atoms with Crippen LogP contribution in [0.2, 0.25) is 26.2 Å². The van der Waals surface area contributed by atoms with Crippen molar-refractivity contribution in [1.29, 1.82) is 0 Å². The predicted octanol–water partition coefficient (Wildman–Crippen LogP) is 37.2. The molecule has 0 atom stereocenters. The quantitative estimate of drug-likeness (QED) is 0.0297. The maximum absolute atomic E-state index is 7.27. The molecule has 2 nitrogen and oxygen atoms in total. The molecule has 0 N–H and O–H groups in total. The molecule has 694 valence electrons. The minimum atomic E-state index is -2.52. The molecular formula is C134H138O2Si2. The van der Waals surface area contributed by atoms with Crippen LogP contribution in [0.25, 0.3) is 177 Å². The lowest BCUT2D eigenvalue weighted by Crippen LogP contribution is -2.63. The number of para-hydroxylation sites is 2. The summed E-state index contributed by atoms with van der Waals surface area (Å²) in [6.07, 6.45) is 36.6. The van der Waals surface area contributed by atoms with Crippen molar-refractivity contribution in [2.45, 2.75) is 283 Å². The molecule has 23 rings (SSSR count). The summed E-state index contributed by atoms with van der Waals surface area (Å²) in [5.41, 5.74) is 47.2. The molecule has 138 heavy (non-hydrogen) atoms. The molecule has 0 saturated carbocycles. The van der Waals surface area contributed by atoms with Crippen LogP contribution in [0.5, 0.6) is 0 Å². The number of unbranched alkanes of at least 4 members (excludes halogenated alkanes) is 20. The van der Waals surface area contributed by atoms with Crippen LogP contribution in [0.3, 0.4) is 0 Å². The second kappa shape index (κ2) is 35.9. The molecule has 0 bridgehead atoms. The zero-order valence-corrected chi connectivity index (χ0v) is 86.2. The molecule has 0 unspecified atom stereocenters. The Balaban J connectivity index is 0.534. The summed E-state index contributed by atoms with van der Waals surface area (Å²) >= 11 is 0. The predicted molar refractivity (Wildman–Crippen MR) is 598 cm³/mol. The number of fused-ring (bicyclic) bond motifs is 27. The zero-order valence-electron chi connectivity index (χ0n) is 84.2. The molecule has 6 aliphatic rings. The van der Waals surface area contributed by atoms with Gasteiger partial charge in [0.05, 0.1) is 0 Å². The summed E-state index contributed by atoms with van der Waals surface area (Å²) in [5, 5.41) is 11.1. The molecule has 17 aromatic rings. The largest absolute Gasteiger partial charge is 0.455 e. The third-order valence-corrected chi connectivity index (χ3v) is 42.3. The maximum Gasteiger partial charge on any atom is 0.143 e. The Morgan fingerprint density at radius 2 is 0.464 bits per heavy atom. The van der Waals surface area contributed by atoms with Gasteiger partial charge in [-0.3, -0.25) is 0 Å². The molecule has 0 amide bonds. The highest BCUT2D eigenvalue weighted by molar-refractivity contribution is 7.13. The van der Waals surface area contributed by atoms with Crippen molar-refractivity contribution in [3.63, 3.8) is 0 Å². The molecule has 4 heteroatoms. The van der Waals surface area contributed by atoms with Gasteiger partial charge in [-0.2, -0.15) is 0 Å². The Morgan fingerprint density at radius 1 is 0.217 bits per heavy atom. The normalized spacial score (nSPS) is 15.4. The Hall–Kier alpha value is -11.7. The summed E-state index contributed by atoms with van der Waals surface area (Å²) < 4.78 is 14.5. The molecule has 2 aliphatic heterocycles. The van der Waals surface area contributed by atoms with E-state index in [0.29, 0.717) is 0 Å². The first kappa shape index (κ1) is 90.2. The fourth-order valence-corrected chi connectivity index (χ4v) is 36.1. The Labute approximate surface area is 823 Å². The van der Waals surface area contributed by atoms with E-state index in [2.05, 4.69) is 361 Å². The van der Waals surface area contributed by atoms with Crippen molar-refractivity contribution in [3.8, 4) is 134 Å². The summed E-state index contributed by atoms with van der Waals surface area (Å²) in [6, 6.07) is 111. The van der Waals surface area contributed by atoms with Gasteiger partial charge in [0.2, 0.25) is 0 Å². The molecule has 15 aromatic carbocycles. The number of furan rings is 2. The highest BCUT2D eigenvalue weighted by atomic mass is 28.3. The second-order valence-electron chi connectivity index (χ2n) is 44.8. The van der Waals surface area contributed by atoms with Gasteiger partial charge in [0, 0.05) is 54.3 Å². The number of hydrogen-bond acceptors (Lipinski definition) is 2. The van der Waals surface area contributed by atoms with Crippen LogP contribution in [-0.4, -0.2) is 16.1 Å². The van der Waals surface area contributed by atoms with Crippen molar-refractivity contribution >= 4 is 80.8 Å². The fourth-order valence-electron chi connectivity index (χ4n) is 27.7. The van der Waals surface area contributed by atoms with Crippen LogP contribution in [0.15, 0.2) is 288 Å². The van der Waals surface area contributed by atoms with Crippen LogP contribution in [0.1, 0.15) is 280 Å². The highest BCUT2D eigenvalue weighted by Crippen LogP contribution is 2.61. The standard InChI is InChI=1S/C134H138O2Si2/c1-13-17-21-25-29-41-75-133(76-42-30-26-22-18-14-2)111-49-37-33-45-97(111)103-71-65-95(83-117(103)133)93-63-69-101-99-67-61-91(79-113(99)131(5,6)115(101)81-93)87-53-57-89(58-54-87)109-85-121-123(125-105-47-35-39-51-119(105)135-127(109)125)107-73-74-108-124-122(138(11,12)130(108)129(107)137(121,9)10)86-110(128-126(124)106-48-36-40-52-120(106)136-128)90-59-55-88(56-60-90)92-62-68-100-102-70-64-94(82-116(102)132(7,8)114(100)80-92)96-66-72-104-98-46-34-38-50-112(98)134(118(104)84-96,77-43-31-27-23-19-15-3)78-44-32-28-24-20-16-4/h33-40,45-74,79-86H,13-32,41-44,75-78H2,1-12H3. The van der Waals surface area contributed by atoms with Gasteiger partial charge < -0.3 is 8.83 Å². The lowest BCUT2D eigenvalue weighted by Gasteiger charge is -2.33. The first-order chi connectivity index (χ1) is 67.3. The van der Waals surface area contributed by atoms with E-state index in [0.717, 1.165) is 22.3 Å². The van der Waals surface area contributed by atoms with Gasteiger partial charge >= 0.3 is 0 Å². The first-order valence-electron chi connectivity index (χ1n) is 53.8. The lowest BCUT2D eigenvalue weighted by molar-refractivity contribution is 0.398. The van der Waals surface area contributed by atoms with Gasteiger partial charge in [-0.15, -0.1) is 0 Å². The van der Waals surface area contributed by atoms with Crippen LogP contribution in [0.4, 0.5) is 0 Å². The Kier molecular flexibility index (Phi) is 23.5. The number of rotatable bonds is 34. The van der Waals surface area contributed by atoms with Crippen molar-refractivity contribution in [3.05, 3.63) is 324 Å². The summed E-state index contributed by atoms with van der Waals surface area (Å²) in [7, 11) is -5.04. The fraction of sp³-hybridized carbons (Fsp3) is 0.328. The van der Waals surface area contributed by atoms with E-state index in [1.807, 2.05) is 0 Å². The van der Waals surface area contributed by atoms with E-state index in [4.69, 9.17) is 8.83 Å². The molecule has 0 fully saturated rings. The third-order valence-electron chi connectivity index (χ3n) is 35.1. The van der Waals surface area contributed by atoms with Crippen LogP contribution >= 0.6 is 0 Å². The van der Waals surface area contributed by atoms with Gasteiger partial charge in [0.15, 0.2) is 0 Å². The van der Waals surface area contributed by atoms with E-state index >= 15 is 0 Å². The summed E-state index contributed by atoms with van der Waals surface area (Å²) in [6.45, 7) is 29.8. The molecular weight excluding hydrogens is 1700 g/mol. The van der Waals surface area contributed by atoms with Crippen molar-refractivity contribution in [2.75, 3.05) is 0 Å². The van der Waals surface area contributed by atoms with Gasteiger partial charge in [-0.1, -0.05) is 466 Å². The SMILES string of the molecule is CCCCCCCCC1(CCCCCCCC)c2ccccc2-c2ccc(-c3ccc4c(c3)C(C)(C)c3cc(-c5ccc(-c6cc7c(c8c6oc6ccccc68)-c6ccc8c(c6[Si]7(C)C)[Si](C)(C)c6cc(-c7ccc(-c9ccc%10c(c9)C(C)(C)c9cc(-c%11ccc%12c(c%11)C(CCCCCCCC)(CCCCCCCC)c%11ccccc%11-%12)ccc9-%10)cc7)c7oc9ccccc9c7c6-8)cc5)ccc3-4)cc21. The Morgan fingerprint density at radius 3 is 0.790 bits per heavy atom. The maximum atomic E-state index is 7.27. The molecule has 0 radical (unpaired) electrons. The molecule has 2 aromatic heterocycles. The minimum absolute atomic E-state index is 0.0399. The van der Waals surface area contributed by atoms with Crippen molar-refractivity contribution in [2.24, 2.45) is 0 Å². The van der Waals surface area contributed by atoms with E-state index in [1.54, 1.807) is 32.6 Å². The number of benzene rings is 15.